The van der Waals surface area contributed by atoms with Crippen LogP contribution >= 0.6 is 12.4 Å². The molecule has 0 radical (unpaired) electrons. The second-order valence-corrected chi connectivity index (χ2v) is 6.03. The van der Waals surface area contributed by atoms with E-state index in [1.165, 1.54) is 0 Å². The second-order valence-electron chi connectivity index (χ2n) is 6.03. The highest BCUT2D eigenvalue weighted by Crippen LogP contribution is 2.19. The molecule has 0 aromatic heterocycles. The molecule has 2 atom stereocenters. The second kappa shape index (κ2) is 7.27. The van der Waals surface area contributed by atoms with Gasteiger partial charge in [-0.1, -0.05) is 0 Å². The van der Waals surface area contributed by atoms with Crippen molar-refractivity contribution in [1.29, 1.82) is 0 Å². The summed E-state index contributed by atoms with van der Waals surface area (Å²) in [6.45, 7) is 6.29. The minimum absolute atomic E-state index is 0. The van der Waals surface area contributed by atoms with Gasteiger partial charge in [-0.2, -0.15) is 0 Å². The Bertz CT molecular complexity index is 356. The summed E-state index contributed by atoms with van der Waals surface area (Å²) in [6, 6.07) is 0.00935. The van der Waals surface area contributed by atoms with E-state index in [4.69, 9.17) is 0 Å². The predicted octanol–water partition coefficient (Wildman–Crippen LogP) is 1.07. The van der Waals surface area contributed by atoms with Crippen molar-refractivity contribution in [3.8, 4) is 0 Å². The van der Waals surface area contributed by atoms with Gasteiger partial charge in [-0.05, 0) is 46.1 Å². The summed E-state index contributed by atoms with van der Waals surface area (Å²) in [5.41, 5.74) is -0.443. The van der Waals surface area contributed by atoms with E-state index >= 15 is 0 Å². The highest BCUT2D eigenvalue weighted by Gasteiger charge is 2.35. The molecule has 0 aliphatic carbocycles. The van der Waals surface area contributed by atoms with Crippen LogP contribution in [0.5, 0.6) is 0 Å². The van der Waals surface area contributed by atoms with Crippen LogP contribution in [0.25, 0.3) is 0 Å². The van der Waals surface area contributed by atoms with Crippen molar-refractivity contribution in [3.63, 3.8) is 0 Å². The van der Waals surface area contributed by atoms with Gasteiger partial charge in [0, 0.05) is 25.6 Å². The number of nitrogens with zero attached hydrogens (tertiary/aromatic N) is 1. The lowest BCUT2D eigenvalue weighted by Crippen LogP contribution is -2.59. The molecule has 0 bridgehead atoms. The van der Waals surface area contributed by atoms with Gasteiger partial charge in [0.2, 0.25) is 11.8 Å². The molecule has 2 N–H and O–H groups in total. The number of hydrogen-bond acceptors (Lipinski definition) is 3. The fourth-order valence-corrected chi connectivity index (χ4v) is 2.91. The van der Waals surface area contributed by atoms with Crippen LogP contribution in [-0.4, -0.2) is 47.9 Å². The molecule has 5 nitrogen and oxygen atoms in total. The molecule has 2 heterocycles. The maximum atomic E-state index is 12.3. The summed E-state index contributed by atoms with van der Waals surface area (Å²) >= 11 is 0. The quantitative estimate of drug-likeness (QED) is 0.816. The summed E-state index contributed by atoms with van der Waals surface area (Å²) in [7, 11) is 0. The molecule has 2 rings (SSSR count). The van der Waals surface area contributed by atoms with E-state index in [2.05, 4.69) is 10.6 Å². The maximum absolute atomic E-state index is 12.3. The van der Waals surface area contributed by atoms with Crippen LogP contribution < -0.4 is 10.6 Å². The molecular weight excluding hydrogens is 278 g/mol. The Morgan fingerprint density at radius 1 is 1.45 bits per heavy atom. The summed E-state index contributed by atoms with van der Waals surface area (Å²) in [5, 5.41) is 6.35. The number of carbonyl (C=O) groups excluding carboxylic acids is 2. The van der Waals surface area contributed by atoms with Gasteiger partial charge in [-0.25, -0.2) is 0 Å². The Morgan fingerprint density at radius 3 is 2.75 bits per heavy atom. The molecule has 2 fully saturated rings. The van der Waals surface area contributed by atoms with Crippen LogP contribution in [-0.2, 0) is 9.59 Å². The van der Waals surface area contributed by atoms with Crippen LogP contribution in [0.15, 0.2) is 0 Å². The van der Waals surface area contributed by atoms with Gasteiger partial charge < -0.3 is 15.5 Å². The normalized spacial score (nSPS) is 27.9. The van der Waals surface area contributed by atoms with E-state index in [0.717, 1.165) is 38.8 Å². The van der Waals surface area contributed by atoms with E-state index in [0.29, 0.717) is 13.0 Å². The van der Waals surface area contributed by atoms with E-state index in [9.17, 15) is 9.59 Å². The van der Waals surface area contributed by atoms with E-state index in [1.807, 2.05) is 18.7 Å². The first-order chi connectivity index (χ1) is 9.01. The number of carbonyl (C=O) groups is 2. The SMILES string of the molecule is CC(CN1CCCC1=O)NC(=O)C1(C)CCCCN1.Cl. The summed E-state index contributed by atoms with van der Waals surface area (Å²) in [6.07, 6.45) is 4.71. The van der Waals surface area contributed by atoms with Crippen molar-refractivity contribution in [2.45, 2.75) is 57.5 Å². The smallest absolute Gasteiger partial charge is 0.240 e. The van der Waals surface area contributed by atoms with E-state index in [1.54, 1.807) is 0 Å². The first-order valence-electron chi connectivity index (χ1n) is 7.35. The molecule has 2 aliphatic heterocycles. The summed E-state index contributed by atoms with van der Waals surface area (Å²) < 4.78 is 0. The van der Waals surface area contributed by atoms with Gasteiger partial charge in [-0.15, -0.1) is 12.4 Å². The lowest BCUT2D eigenvalue weighted by atomic mass is 9.90. The van der Waals surface area contributed by atoms with E-state index in [-0.39, 0.29) is 30.3 Å². The third-order valence-electron chi connectivity index (χ3n) is 4.16. The number of likely N-dealkylation sites (tertiary alicyclic amines) is 1. The maximum Gasteiger partial charge on any atom is 0.240 e. The lowest BCUT2D eigenvalue weighted by Gasteiger charge is -2.35. The molecule has 2 amide bonds. The zero-order valence-electron chi connectivity index (χ0n) is 12.4. The largest absolute Gasteiger partial charge is 0.350 e. The van der Waals surface area contributed by atoms with Crippen LogP contribution in [0.3, 0.4) is 0 Å². The van der Waals surface area contributed by atoms with Crippen LogP contribution in [0.2, 0.25) is 0 Å². The number of rotatable bonds is 4. The first kappa shape index (κ1) is 17.2. The van der Waals surface area contributed by atoms with Gasteiger partial charge >= 0.3 is 0 Å². The Kier molecular flexibility index (Phi) is 6.27. The summed E-state index contributed by atoms with van der Waals surface area (Å²) in [5.74, 6) is 0.273. The zero-order valence-corrected chi connectivity index (χ0v) is 13.2. The third kappa shape index (κ3) is 4.09. The van der Waals surface area contributed by atoms with Crippen LogP contribution in [0.4, 0.5) is 0 Å². The topological polar surface area (TPSA) is 61.4 Å². The average Bonchev–Trinajstić information content (AvgIpc) is 2.76. The Hall–Kier alpha value is -0.810. The molecule has 116 valence electrons. The Balaban J connectivity index is 0.00000200. The molecule has 0 aromatic rings. The van der Waals surface area contributed by atoms with Crippen molar-refractivity contribution in [2.75, 3.05) is 19.6 Å². The molecule has 6 heteroatoms. The van der Waals surface area contributed by atoms with E-state index < -0.39 is 5.54 Å². The molecule has 20 heavy (non-hydrogen) atoms. The predicted molar refractivity (Wildman–Crippen MR) is 80.9 cm³/mol. The van der Waals surface area contributed by atoms with Gasteiger partial charge in [0.1, 0.15) is 0 Å². The zero-order chi connectivity index (χ0) is 13.9. The fraction of sp³-hybridized carbons (Fsp3) is 0.857. The fourth-order valence-electron chi connectivity index (χ4n) is 2.91. The molecular formula is C14H26ClN3O2. The van der Waals surface area contributed by atoms with Crippen molar-refractivity contribution < 1.29 is 9.59 Å². The number of nitrogens with one attached hydrogen (secondary N) is 2. The van der Waals surface area contributed by atoms with Crippen molar-refractivity contribution in [2.24, 2.45) is 0 Å². The molecule has 2 unspecified atom stereocenters. The van der Waals surface area contributed by atoms with Crippen molar-refractivity contribution >= 4 is 24.2 Å². The first-order valence-corrected chi connectivity index (χ1v) is 7.35. The number of piperidine rings is 1. The molecule has 0 aromatic carbocycles. The van der Waals surface area contributed by atoms with Gasteiger partial charge in [0.25, 0.3) is 0 Å². The number of hydrogen-bond donors (Lipinski definition) is 2. The van der Waals surface area contributed by atoms with Gasteiger partial charge in [0.05, 0.1) is 5.54 Å². The van der Waals surface area contributed by atoms with Crippen LogP contribution in [0, 0.1) is 0 Å². The number of halogens is 1. The number of amides is 2. The minimum Gasteiger partial charge on any atom is -0.350 e. The minimum atomic E-state index is -0.443. The highest BCUT2D eigenvalue weighted by molar-refractivity contribution is 5.86. The van der Waals surface area contributed by atoms with Crippen molar-refractivity contribution in [1.82, 2.24) is 15.5 Å². The summed E-state index contributed by atoms with van der Waals surface area (Å²) in [4.78, 5) is 25.7. The van der Waals surface area contributed by atoms with Gasteiger partial charge in [0.15, 0.2) is 0 Å². The van der Waals surface area contributed by atoms with Crippen LogP contribution in [0.1, 0.15) is 46.0 Å². The average molecular weight is 304 g/mol. The third-order valence-corrected chi connectivity index (χ3v) is 4.16. The lowest BCUT2D eigenvalue weighted by molar-refractivity contribution is -0.131. The van der Waals surface area contributed by atoms with Gasteiger partial charge in [-0.3, -0.25) is 9.59 Å². The Morgan fingerprint density at radius 2 is 2.20 bits per heavy atom. The molecule has 2 saturated heterocycles. The molecule has 0 spiro atoms. The monoisotopic (exact) mass is 303 g/mol. The highest BCUT2D eigenvalue weighted by atomic mass is 35.5. The van der Waals surface area contributed by atoms with Crippen molar-refractivity contribution in [3.05, 3.63) is 0 Å². The standard InChI is InChI=1S/C14H25N3O2.ClH/c1-11(10-17-9-5-6-12(17)18)16-13(19)14(2)7-3-4-8-15-14;/h11,15H,3-10H2,1-2H3,(H,16,19);1H. The Labute approximate surface area is 127 Å². The molecule has 0 saturated carbocycles. The molecule has 2 aliphatic rings.